The van der Waals surface area contributed by atoms with Crippen LogP contribution in [0.4, 0.5) is 5.95 Å². The van der Waals surface area contributed by atoms with Gasteiger partial charge in [-0.1, -0.05) is 18.2 Å². The van der Waals surface area contributed by atoms with Crippen LogP contribution in [0.1, 0.15) is 10.4 Å². The maximum atomic E-state index is 11.7. The number of benzene rings is 1. The van der Waals surface area contributed by atoms with Crippen molar-refractivity contribution >= 4 is 34.4 Å². The first-order valence-electron chi connectivity index (χ1n) is 4.59. The molecule has 0 unspecified atom stereocenters. The largest absolute Gasteiger partial charge is 0.290 e. The van der Waals surface area contributed by atoms with Gasteiger partial charge in [-0.25, -0.2) is 9.97 Å². The maximum absolute atomic E-state index is 11.7. The Morgan fingerprint density at radius 1 is 1.12 bits per heavy atom. The lowest BCUT2D eigenvalue weighted by Crippen LogP contribution is -2.13. The van der Waals surface area contributed by atoms with Crippen molar-refractivity contribution < 1.29 is 4.79 Å². The van der Waals surface area contributed by atoms with E-state index in [2.05, 4.69) is 37.9 Å². The van der Waals surface area contributed by atoms with E-state index in [1.165, 1.54) is 0 Å². The molecule has 2 aromatic rings. The lowest BCUT2D eigenvalue weighted by atomic mass is 10.2. The fourth-order valence-corrected chi connectivity index (χ4v) is 1.42. The molecule has 1 N–H and O–H groups in total. The molecule has 0 radical (unpaired) electrons. The standard InChI is InChI=1S/C11H8IN3O/c12-9-6-13-11(14-7-9)15-10(16)8-4-2-1-3-5-8/h1-7H,(H,13,14,15,16). The fraction of sp³-hybridized carbons (Fsp3) is 0. The van der Waals surface area contributed by atoms with Crippen LogP contribution in [0.15, 0.2) is 42.7 Å². The van der Waals surface area contributed by atoms with E-state index in [-0.39, 0.29) is 5.91 Å². The van der Waals surface area contributed by atoms with Crippen LogP contribution >= 0.6 is 22.6 Å². The molecule has 80 valence electrons. The fourth-order valence-electron chi connectivity index (χ4n) is 1.14. The smallest absolute Gasteiger partial charge is 0.258 e. The third-order valence-corrected chi connectivity index (χ3v) is 2.44. The SMILES string of the molecule is O=C(Nc1ncc(I)cn1)c1ccccc1. The van der Waals surface area contributed by atoms with Gasteiger partial charge in [0.1, 0.15) is 0 Å². The molecule has 16 heavy (non-hydrogen) atoms. The second kappa shape index (κ2) is 5.02. The number of carbonyl (C=O) groups is 1. The number of amides is 1. The molecular formula is C11H8IN3O. The summed E-state index contributed by atoms with van der Waals surface area (Å²) in [6.07, 6.45) is 3.29. The predicted molar refractivity (Wildman–Crippen MR) is 69.1 cm³/mol. The van der Waals surface area contributed by atoms with Crippen LogP contribution in [0.25, 0.3) is 0 Å². The molecule has 2 rings (SSSR count). The van der Waals surface area contributed by atoms with Gasteiger partial charge in [0.05, 0.1) is 0 Å². The highest BCUT2D eigenvalue weighted by molar-refractivity contribution is 14.1. The maximum Gasteiger partial charge on any atom is 0.258 e. The van der Waals surface area contributed by atoms with Crippen LogP contribution in [-0.2, 0) is 0 Å². The molecule has 1 amide bonds. The monoisotopic (exact) mass is 325 g/mol. The van der Waals surface area contributed by atoms with E-state index in [0.29, 0.717) is 11.5 Å². The highest BCUT2D eigenvalue weighted by atomic mass is 127. The van der Waals surface area contributed by atoms with Gasteiger partial charge in [0.25, 0.3) is 5.91 Å². The minimum absolute atomic E-state index is 0.207. The normalized spacial score (nSPS) is 9.81. The average molecular weight is 325 g/mol. The minimum Gasteiger partial charge on any atom is -0.290 e. The van der Waals surface area contributed by atoms with Gasteiger partial charge in [-0.15, -0.1) is 0 Å². The van der Waals surface area contributed by atoms with Crippen molar-refractivity contribution in [2.24, 2.45) is 0 Å². The van der Waals surface area contributed by atoms with Crippen molar-refractivity contribution in [3.63, 3.8) is 0 Å². The molecule has 0 spiro atoms. The van der Waals surface area contributed by atoms with Crippen molar-refractivity contribution in [3.8, 4) is 0 Å². The molecule has 1 aromatic carbocycles. The lowest BCUT2D eigenvalue weighted by molar-refractivity contribution is 0.102. The molecular weight excluding hydrogens is 317 g/mol. The summed E-state index contributed by atoms with van der Waals surface area (Å²) in [7, 11) is 0. The van der Waals surface area contributed by atoms with Gasteiger partial charge in [0.2, 0.25) is 5.95 Å². The Kier molecular flexibility index (Phi) is 3.45. The molecule has 0 atom stereocenters. The van der Waals surface area contributed by atoms with Gasteiger partial charge >= 0.3 is 0 Å². The summed E-state index contributed by atoms with van der Waals surface area (Å²) >= 11 is 2.10. The van der Waals surface area contributed by atoms with E-state index in [1.54, 1.807) is 24.5 Å². The Bertz CT molecular complexity index is 484. The number of anilines is 1. The quantitative estimate of drug-likeness (QED) is 0.863. The van der Waals surface area contributed by atoms with Crippen molar-refractivity contribution in [3.05, 3.63) is 51.9 Å². The molecule has 1 heterocycles. The summed E-state index contributed by atoms with van der Waals surface area (Å²) in [5.41, 5.74) is 0.588. The number of rotatable bonds is 2. The summed E-state index contributed by atoms with van der Waals surface area (Å²) in [5.74, 6) is 0.107. The van der Waals surface area contributed by atoms with Crippen LogP contribution in [0, 0.1) is 3.57 Å². The molecule has 4 nitrogen and oxygen atoms in total. The summed E-state index contributed by atoms with van der Waals surface area (Å²) < 4.78 is 0.926. The lowest BCUT2D eigenvalue weighted by Gasteiger charge is -2.02. The molecule has 0 bridgehead atoms. The molecule has 0 saturated carbocycles. The van der Waals surface area contributed by atoms with Gasteiger partial charge in [0, 0.05) is 21.5 Å². The number of carbonyl (C=O) groups excluding carboxylic acids is 1. The molecule has 0 saturated heterocycles. The summed E-state index contributed by atoms with van der Waals surface area (Å²) in [6.45, 7) is 0. The van der Waals surface area contributed by atoms with Crippen LogP contribution < -0.4 is 5.32 Å². The zero-order valence-electron chi connectivity index (χ0n) is 8.22. The van der Waals surface area contributed by atoms with Crippen LogP contribution in [0.5, 0.6) is 0 Å². The Morgan fingerprint density at radius 2 is 1.75 bits per heavy atom. The number of nitrogens with one attached hydrogen (secondary N) is 1. The van der Waals surface area contributed by atoms with E-state index >= 15 is 0 Å². The van der Waals surface area contributed by atoms with E-state index in [1.807, 2.05) is 18.2 Å². The first-order valence-corrected chi connectivity index (χ1v) is 5.67. The highest BCUT2D eigenvalue weighted by Crippen LogP contribution is 2.05. The number of hydrogen-bond donors (Lipinski definition) is 1. The summed E-state index contributed by atoms with van der Waals surface area (Å²) in [4.78, 5) is 19.7. The molecule has 0 aliphatic rings. The first-order chi connectivity index (χ1) is 7.75. The average Bonchev–Trinajstić information content (AvgIpc) is 2.33. The van der Waals surface area contributed by atoms with Gasteiger partial charge < -0.3 is 0 Å². The zero-order valence-corrected chi connectivity index (χ0v) is 10.4. The summed E-state index contributed by atoms with van der Waals surface area (Å²) in [6, 6.07) is 8.95. The third kappa shape index (κ3) is 2.75. The number of aromatic nitrogens is 2. The van der Waals surface area contributed by atoms with Crippen molar-refractivity contribution in [2.45, 2.75) is 0 Å². The molecule has 0 fully saturated rings. The molecule has 1 aromatic heterocycles. The zero-order chi connectivity index (χ0) is 11.4. The van der Waals surface area contributed by atoms with Gasteiger partial charge in [-0.3, -0.25) is 10.1 Å². The van der Waals surface area contributed by atoms with Crippen LogP contribution in [-0.4, -0.2) is 15.9 Å². The Balaban J connectivity index is 2.11. The van der Waals surface area contributed by atoms with Crippen LogP contribution in [0.3, 0.4) is 0 Å². The van der Waals surface area contributed by atoms with Crippen molar-refractivity contribution in [2.75, 3.05) is 5.32 Å². The Morgan fingerprint density at radius 3 is 2.38 bits per heavy atom. The highest BCUT2D eigenvalue weighted by Gasteiger charge is 2.06. The van der Waals surface area contributed by atoms with Gasteiger partial charge in [-0.2, -0.15) is 0 Å². The number of nitrogens with zero attached hydrogens (tertiary/aromatic N) is 2. The topological polar surface area (TPSA) is 54.9 Å². The number of halogens is 1. The van der Waals surface area contributed by atoms with Crippen molar-refractivity contribution in [1.82, 2.24) is 9.97 Å². The second-order valence-electron chi connectivity index (χ2n) is 3.05. The van der Waals surface area contributed by atoms with E-state index in [0.717, 1.165) is 3.57 Å². The molecule has 0 aliphatic heterocycles. The summed E-state index contributed by atoms with van der Waals surface area (Å²) in [5, 5.41) is 2.62. The number of hydrogen-bond acceptors (Lipinski definition) is 3. The Labute approximate surface area is 106 Å². The van der Waals surface area contributed by atoms with Crippen LogP contribution in [0.2, 0.25) is 0 Å². The minimum atomic E-state index is -0.207. The van der Waals surface area contributed by atoms with Gasteiger partial charge in [0.15, 0.2) is 0 Å². The van der Waals surface area contributed by atoms with E-state index in [9.17, 15) is 4.79 Å². The molecule has 5 heteroatoms. The van der Waals surface area contributed by atoms with Crippen molar-refractivity contribution in [1.29, 1.82) is 0 Å². The van der Waals surface area contributed by atoms with E-state index in [4.69, 9.17) is 0 Å². The molecule has 0 aliphatic carbocycles. The Hall–Kier alpha value is -1.50. The predicted octanol–water partition coefficient (Wildman–Crippen LogP) is 2.33. The van der Waals surface area contributed by atoms with Gasteiger partial charge in [-0.05, 0) is 34.7 Å². The van der Waals surface area contributed by atoms with E-state index < -0.39 is 0 Å². The second-order valence-corrected chi connectivity index (χ2v) is 4.29. The third-order valence-electron chi connectivity index (χ3n) is 1.88. The first kappa shape index (κ1) is 11.0.